The predicted molar refractivity (Wildman–Crippen MR) is 240 cm³/mol. The fourth-order valence-corrected chi connectivity index (χ4v) is 10.0. The van der Waals surface area contributed by atoms with Crippen molar-refractivity contribution in [2.45, 2.75) is 123 Å². The maximum Gasteiger partial charge on any atom is 0.408 e. The van der Waals surface area contributed by atoms with Crippen LogP contribution in [0.5, 0.6) is 11.5 Å². The highest BCUT2D eigenvalue weighted by Crippen LogP contribution is 2.47. The van der Waals surface area contributed by atoms with Crippen molar-refractivity contribution in [1.29, 1.82) is 0 Å². The van der Waals surface area contributed by atoms with Crippen LogP contribution in [0.2, 0.25) is 5.02 Å². The van der Waals surface area contributed by atoms with Crippen molar-refractivity contribution in [3.05, 3.63) is 28.6 Å². The molecule has 0 bridgehead atoms. The van der Waals surface area contributed by atoms with E-state index >= 15 is 0 Å². The van der Waals surface area contributed by atoms with Crippen LogP contribution >= 0.6 is 22.9 Å². The van der Waals surface area contributed by atoms with E-state index in [4.69, 9.17) is 40.5 Å². The Bertz CT molecular complexity index is 2160. The van der Waals surface area contributed by atoms with Crippen molar-refractivity contribution < 1.29 is 43.2 Å². The molecule has 0 spiro atoms. The third-order valence-electron chi connectivity index (χ3n) is 12.6. The molecule has 4 fully saturated rings. The number of alkyl carbamates (subject to hydrolysis) is 1. The van der Waals surface area contributed by atoms with Crippen molar-refractivity contribution in [3.63, 3.8) is 0 Å². The first-order valence-electron chi connectivity index (χ1n) is 22.2. The lowest BCUT2D eigenvalue weighted by molar-refractivity contribution is -0.146. The third-order valence-corrected chi connectivity index (χ3v) is 13.7. The molecule has 2 aromatic heterocycles. The van der Waals surface area contributed by atoms with E-state index in [0.29, 0.717) is 83.9 Å². The summed E-state index contributed by atoms with van der Waals surface area (Å²) >= 11 is 8.55. The summed E-state index contributed by atoms with van der Waals surface area (Å²) in [5, 5.41) is 22.7. The first kappa shape index (κ1) is 46.5. The number of pyridine rings is 1. The van der Waals surface area contributed by atoms with E-state index in [0.717, 1.165) is 37.5 Å². The molecular weight excluding hydrogens is 850 g/mol. The largest absolute Gasteiger partial charge is 0.491 e. The number of hydrogen-bond donors (Lipinski definition) is 4. The van der Waals surface area contributed by atoms with Crippen molar-refractivity contribution >= 4 is 62.8 Å². The number of aliphatic carboxylic acids is 1. The predicted octanol–water partition coefficient (Wildman–Crippen LogP) is 6.59. The minimum atomic E-state index is -1.42. The van der Waals surface area contributed by atoms with Gasteiger partial charge in [0.05, 0.1) is 31.0 Å². The summed E-state index contributed by atoms with van der Waals surface area (Å²) in [6.07, 6.45) is 1.66. The molecule has 0 radical (unpaired) electrons. The zero-order chi connectivity index (χ0) is 45.2. The SMILES string of the molecule is CCC1C[C@]1(NC(=O)[C@@H]1C[C@@H](Oc2cc(-c3csc(NC(C)C)n3)nc3c(Cl)c(OCCN4CCOCC4)ccc23)CN1C(=O)[C@@H](NC(=O)O[C@H]1CC[C@H](C)C1)C(C)(C)C)C(=O)O. The molecule has 63 heavy (non-hydrogen) atoms. The lowest BCUT2D eigenvalue weighted by Crippen LogP contribution is -2.59. The van der Waals surface area contributed by atoms with Gasteiger partial charge >= 0.3 is 12.1 Å². The first-order valence-corrected chi connectivity index (χ1v) is 23.5. The molecule has 7 rings (SSSR count). The van der Waals surface area contributed by atoms with Gasteiger partial charge in [0, 0.05) is 48.9 Å². The summed E-state index contributed by atoms with van der Waals surface area (Å²) in [6.45, 7) is 17.6. The van der Waals surface area contributed by atoms with Crippen molar-refractivity contribution in [2.24, 2.45) is 17.3 Å². The molecule has 1 unspecified atom stereocenters. The van der Waals surface area contributed by atoms with Crippen LogP contribution < -0.4 is 25.4 Å². The monoisotopic (exact) mass is 911 g/mol. The average molecular weight is 913 g/mol. The number of ether oxygens (including phenoxy) is 4. The van der Waals surface area contributed by atoms with E-state index < -0.39 is 53.0 Å². The molecule has 2 saturated carbocycles. The van der Waals surface area contributed by atoms with Gasteiger partial charge in [-0.1, -0.05) is 52.6 Å². The van der Waals surface area contributed by atoms with Gasteiger partial charge in [0.15, 0.2) is 5.13 Å². The van der Waals surface area contributed by atoms with Crippen LogP contribution in [0.25, 0.3) is 22.3 Å². The molecule has 4 N–H and O–H groups in total. The molecule has 3 aromatic rings. The Balaban J connectivity index is 1.20. The number of nitrogens with zero attached hydrogens (tertiary/aromatic N) is 4. The number of thiazole rings is 1. The minimum absolute atomic E-state index is 0.0353. The summed E-state index contributed by atoms with van der Waals surface area (Å²) in [5.74, 6) is -1.17. The van der Waals surface area contributed by atoms with Crippen LogP contribution in [0.3, 0.4) is 0 Å². The van der Waals surface area contributed by atoms with E-state index in [1.807, 2.05) is 53.0 Å². The number of anilines is 1. The normalized spacial score (nSPS) is 25.5. The van der Waals surface area contributed by atoms with Gasteiger partial charge in [-0.15, -0.1) is 11.3 Å². The fourth-order valence-electron chi connectivity index (χ4n) is 8.89. The Labute approximate surface area is 378 Å². The number of carboxylic acids is 1. The van der Waals surface area contributed by atoms with Gasteiger partial charge in [-0.2, -0.15) is 0 Å². The summed E-state index contributed by atoms with van der Waals surface area (Å²) in [7, 11) is 0. The topological polar surface area (TPSA) is 194 Å². The molecular formula is C45H62ClN7O9S. The van der Waals surface area contributed by atoms with Crippen LogP contribution in [-0.4, -0.2) is 131 Å². The molecule has 2 aliphatic carbocycles. The summed E-state index contributed by atoms with van der Waals surface area (Å²) in [5.41, 5.74) is -0.703. The number of carboxylic acid groups (broad SMARTS) is 1. The number of benzene rings is 1. The number of morpholine rings is 1. The lowest BCUT2D eigenvalue weighted by atomic mass is 9.85. The number of rotatable bonds is 16. The van der Waals surface area contributed by atoms with Crippen LogP contribution in [0.1, 0.15) is 87.0 Å². The Morgan fingerprint density at radius 2 is 1.83 bits per heavy atom. The van der Waals surface area contributed by atoms with Crippen LogP contribution in [0.4, 0.5) is 9.93 Å². The minimum Gasteiger partial charge on any atom is -0.491 e. The Morgan fingerprint density at radius 1 is 1.06 bits per heavy atom. The molecule has 4 aliphatic rings. The standard InChI is InChI=1S/C45H62ClN7O9S/c1-8-27-22-45(27,41(56)57)51-39(54)33-20-29(23-53(33)40(55)38(44(5,6)7)50-43(58)62-28-10-9-26(4)19-28)61-35-21-31(32-24-63-42(49-32)47-25(2)3)48-37-30(35)11-12-34(36(37)46)60-18-15-52-13-16-59-17-14-52/h11-12,21,24-29,33,38H,8-10,13-20,22-23H2,1-7H3,(H,47,49)(H,50,58)(H,51,54)(H,56,57)/t26-,27?,28-,29+,33-,38+,45+/m0/s1. The highest BCUT2D eigenvalue weighted by Gasteiger charge is 2.61. The maximum atomic E-state index is 14.8. The van der Waals surface area contributed by atoms with Gasteiger partial charge in [-0.05, 0) is 68.9 Å². The van der Waals surface area contributed by atoms with E-state index in [2.05, 4.69) is 27.8 Å². The van der Waals surface area contributed by atoms with Crippen molar-refractivity contribution in [1.82, 2.24) is 30.4 Å². The number of nitrogens with one attached hydrogen (secondary N) is 3. The Morgan fingerprint density at radius 3 is 2.48 bits per heavy atom. The number of likely N-dealkylation sites (tertiary alicyclic amines) is 1. The Hall–Kier alpha value is -4.45. The molecule has 1 aromatic carbocycles. The average Bonchev–Trinajstić information content (AvgIpc) is 3.54. The van der Waals surface area contributed by atoms with E-state index in [-0.39, 0.29) is 31.0 Å². The molecule has 7 atom stereocenters. The third kappa shape index (κ3) is 10.7. The van der Waals surface area contributed by atoms with Crippen molar-refractivity contribution in [2.75, 3.05) is 51.3 Å². The number of carbonyl (C=O) groups is 4. The summed E-state index contributed by atoms with van der Waals surface area (Å²) in [6, 6.07) is 3.36. The van der Waals surface area contributed by atoms with Crippen LogP contribution in [-0.2, 0) is 23.9 Å². The van der Waals surface area contributed by atoms with Gasteiger partial charge in [0.1, 0.15) is 58.7 Å². The molecule has 2 aliphatic heterocycles. The van der Waals surface area contributed by atoms with Crippen molar-refractivity contribution in [3.8, 4) is 22.9 Å². The molecule has 2 saturated heterocycles. The summed E-state index contributed by atoms with van der Waals surface area (Å²) in [4.78, 5) is 68.5. The number of fused-ring (bicyclic) bond motifs is 1. The number of hydrogen-bond acceptors (Lipinski definition) is 13. The number of aromatic nitrogens is 2. The lowest BCUT2D eigenvalue weighted by Gasteiger charge is -2.35. The van der Waals surface area contributed by atoms with E-state index in [9.17, 15) is 24.3 Å². The first-order chi connectivity index (χ1) is 29.9. The second-order valence-electron chi connectivity index (χ2n) is 18.9. The highest BCUT2D eigenvalue weighted by molar-refractivity contribution is 7.14. The zero-order valence-electron chi connectivity index (χ0n) is 37.3. The molecule has 4 heterocycles. The Kier molecular flexibility index (Phi) is 14.3. The molecule has 18 heteroatoms. The smallest absolute Gasteiger partial charge is 0.408 e. The van der Waals surface area contributed by atoms with E-state index in [1.54, 1.807) is 12.1 Å². The zero-order valence-corrected chi connectivity index (χ0v) is 38.9. The van der Waals surface area contributed by atoms with Gasteiger partial charge < -0.3 is 44.9 Å². The number of amides is 3. The van der Waals surface area contributed by atoms with E-state index in [1.165, 1.54) is 16.2 Å². The second-order valence-corrected chi connectivity index (χ2v) is 20.1. The van der Waals surface area contributed by atoms with Gasteiger partial charge in [0.25, 0.3) is 0 Å². The number of carbonyl (C=O) groups excluding carboxylic acids is 3. The second kappa shape index (κ2) is 19.3. The fraction of sp³-hybridized carbons (Fsp3) is 0.644. The van der Waals surface area contributed by atoms with Gasteiger partial charge in [-0.25, -0.2) is 19.6 Å². The molecule has 16 nitrogen and oxygen atoms in total. The summed E-state index contributed by atoms with van der Waals surface area (Å²) < 4.78 is 24.3. The maximum absolute atomic E-state index is 14.8. The molecule has 3 amide bonds. The number of halogens is 1. The van der Waals surface area contributed by atoms with Gasteiger partial charge in [-0.3, -0.25) is 14.5 Å². The van der Waals surface area contributed by atoms with Crippen LogP contribution in [0.15, 0.2) is 23.6 Å². The van der Waals surface area contributed by atoms with Crippen LogP contribution in [0, 0.1) is 17.3 Å². The molecule has 344 valence electrons. The van der Waals surface area contributed by atoms with Gasteiger partial charge in [0.2, 0.25) is 11.8 Å². The highest BCUT2D eigenvalue weighted by atomic mass is 35.5. The quantitative estimate of drug-likeness (QED) is 0.120.